The van der Waals surface area contributed by atoms with E-state index in [2.05, 4.69) is 15.4 Å². The molecule has 0 spiro atoms. The van der Waals surface area contributed by atoms with E-state index in [9.17, 15) is 18.0 Å². The molecule has 130 valence electrons. The second-order valence-electron chi connectivity index (χ2n) is 5.11. The zero-order valence-corrected chi connectivity index (χ0v) is 13.1. The first-order chi connectivity index (χ1) is 10.8. The molecule has 0 aliphatic heterocycles. The molecule has 23 heavy (non-hydrogen) atoms. The fourth-order valence-electron chi connectivity index (χ4n) is 1.85. The molecule has 2 N–H and O–H groups in total. The highest BCUT2D eigenvalue weighted by Crippen LogP contribution is 2.14. The predicted molar refractivity (Wildman–Crippen MR) is 78.9 cm³/mol. The summed E-state index contributed by atoms with van der Waals surface area (Å²) in [7, 11) is 1.60. The Balaban J connectivity index is 2.29. The number of ether oxygens (including phenoxy) is 2. The molecule has 5 nitrogen and oxygen atoms in total. The Hall–Kier alpha value is -1.80. The lowest BCUT2D eigenvalue weighted by atomic mass is 10.1. The van der Waals surface area contributed by atoms with E-state index in [4.69, 9.17) is 4.74 Å². The van der Waals surface area contributed by atoms with Gasteiger partial charge in [0.25, 0.3) is 0 Å². The van der Waals surface area contributed by atoms with Gasteiger partial charge in [0.05, 0.1) is 19.3 Å². The molecule has 0 aliphatic carbocycles. The van der Waals surface area contributed by atoms with Crippen LogP contribution in [0.1, 0.15) is 18.1 Å². The number of rotatable bonds is 8. The maximum absolute atomic E-state index is 11.9. The lowest BCUT2D eigenvalue weighted by Crippen LogP contribution is -2.42. The van der Waals surface area contributed by atoms with Crippen LogP contribution in [0.5, 0.6) is 0 Å². The smallest absolute Gasteiger partial charge is 0.380 e. The second kappa shape index (κ2) is 9.36. The topological polar surface area (TPSA) is 59.6 Å². The minimum Gasteiger partial charge on any atom is -0.380 e. The van der Waals surface area contributed by atoms with Crippen molar-refractivity contribution in [3.05, 3.63) is 35.4 Å². The molecule has 0 saturated heterocycles. The van der Waals surface area contributed by atoms with E-state index in [0.29, 0.717) is 13.2 Å². The highest BCUT2D eigenvalue weighted by atomic mass is 19.4. The number of halogens is 3. The summed E-state index contributed by atoms with van der Waals surface area (Å²) in [4.78, 5) is 11.7. The molecule has 1 atom stereocenters. The minimum atomic E-state index is -4.37. The Kier molecular flexibility index (Phi) is 7.84. The molecule has 1 aromatic rings. The van der Waals surface area contributed by atoms with Gasteiger partial charge < -0.3 is 20.1 Å². The summed E-state index contributed by atoms with van der Waals surface area (Å²) in [5.41, 5.74) is 1.89. The SMILES string of the molecule is COCc1cccc(CNC(=O)N[C@H](C)COCC(F)(F)F)c1. The van der Waals surface area contributed by atoms with Crippen molar-refractivity contribution in [2.45, 2.75) is 32.3 Å². The maximum Gasteiger partial charge on any atom is 0.411 e. The molecule has 0 radical (unpaired) electrons. The Morgan fingerprint density at radius 1 is 1.30 bits per heavy atom. The van der Waals surface area contributed by atoms with Gasteiger partial charge in [-0.05, 0) is 18.1 Å². The van der Waals surface area contributed by atoms with Crippen molar-refractivity contribution in [2.24, 2.45) is 0 Å². The molecule has 1 rings (SSSR count). The van der Waals surface area contributed by atoms with Gasteiger partial charge in [0, 0.05) is 13.7 Å². The van der Waals surface area contributed by atoms with Crippen molar-refractivity contribution in [1.82, 2.24) is 10.6 Å². The summed E-state index contributed by atoms with van der Waals surface area (Å²) in [6, 6.07) is 6.53. The van der Waals surface area contributed by atoms with Gasteiger partial charge in [0.15, 0.2) is 0 Å². The average Bonchev–Trinajstić information content (AvgIpc) is 2.44. The summed E-state index contributed by atoms with van der Waals surface area (Å²) in [5.74, 6) is 0. The molecule has 0 heterocycles. The number of amides is 2. The number of alkyl halides is 3. The summed E-state index contributed by atoms with van der Waals surface area (Å²) in [6.45, 7) is 0.811. The largest absolute Gasteiger partial charge is 0.411 e. The van der Waals surface area contributed by atoms with Crippen LogP contribution in [-0.4, -0.2) is 38.6 Å². The third-order valence-corrected chi connectivity index (χ3v) is 2.77. The number of hydrogen-bond donors (Lipinski definition) is 2. The fraction of sp³-hybridized carbons (Fsp3) is 0.533. The lowest BCUT2D eigenvalue weighted by Gasteiger charge is -2.16. The molecular formula is C15H21F3N2O3. The summed E-state index contributed by atoms with van der Waals surface area (Å²) >= 11 is 0. The van der Waals surface area contributed by atoms with Crippen molar-refractivity contribution < 1.29 is 27.4 Å². The van der Waals surface area contributed by atoms with Crippen molar-refractivity contribution in [3.63, 3.8) is 0 Å². The number of benzene rings is 1. The van der Waals surface area contributed by atoms with Gasteiger partial charge >= 0.3 is 12.2 Å². The predicted octanol–water partition coefficient (Wildman–Crippen LogP) is 2.60. The highest BCUT2D eigenvalue weighted by molar-refractivity contribution is 5.74. The third kappa shape index (κ3) is 9.04. The highest BCUT2D eigenvalue weighted by Gasteiger charge is 2.27. The fourth-order valence-corrected chi connectivity index (χ4v) is 1.85. The molecule has 0 aromatic heterocycles. The van der Waals surface area contributed by atoms with Crippen LogP contribution in [0.15, 0.2) is 24.3 Å². The number of carbonyl (C=O) groups excluding carboxylic acids is 1. The van der Waals surface area contributed by atoms with Crippen LogP contribution in [0.4, 0.5) is 18.0 Å². The van der Waals surface area contributed by atoms with Crippen molar-refractivity contribution in [1.29, 1.82) is 0 Å². The molecular weight excluding hydrogens is 313 g/mol. The van der Waals surface area contributed by atoms with Gasteiger partial charge in [-0.1, -0.05) is 24.3 Å². The van der Waals surface area contributed by atoms with E-state index in [1.807, 2.05) is 24.3 Å². The molecule has 0 aliphatic rings. The summed E-state index contributed by atoms with van der Waals surface area (Å²) in [5, 5.41) is 5.15. The number of urea groups is 1. The number of methoxy groups -OCH3 is 1. The first-order valence-corrected chi connectivity index (χ1v) is 7.06. The van der Waals surface area contributed by atoms with Crippen LogP contribution in [0.3, 0.4) is 0 Å². The standard InChI is InChI=1S/C15H21F3N2O3/c1-11(8-23-10-15(16,17)18)20-14(21)19-7-12-4-3-5-13(6-12)9-22-2/h3-6,11H,7-10H2,1-2H3,(H2,19,20,21)/t11-/m1/s1. The minimum absolute atomic E-state index is 0.212. The van der Waals surface area contributed by atoms with E-state index in [-0.39, 0.29) is 6.61 Å². The number of carbonyl (C=O) groups is 1. The normalized spacial score (nSPS) is 12.7. The van der Waals surface area contributed by atoms with Crippen molar-refractivity contribution in [2.75, 3.05) is 20.3 Å². The second-order valence-corrected chi connectivity index (χ2v) is 5.11. The van der Waals surface area contributed by atoms with Crippen LogP contribution < -0.4 is 10.6 Å². The quantitative estimate of drug-likeness (QED) is 0.768. The van der Waals surface area contributed by atoms with Gasteiger partial charge in [0.1, 0.15) is 6.61 Å². The maximum atomic E-state index is 11.9. The first kappa shape index (κ1) is 19.2. The monoisotopic (exact) mass is 334 g/mol. The van der Waals surface area contributed by atoms with Gasteiger partial charge in [-0.15, -0.1) is 0 Å². The van der Waals surface area contributed by atoms with Crippen molar-refractivity contribution in [3.8, 4) is 0 Å². The Morgan fingerprint density at radius 2 is 2.00 bits per heavy atom. The van der Waals surface area contributed by atoms with Gasteiger partial charge in [0.2, 0.25) is 0 Å². The van der Waals surface area contributed by atoms with E-state index in [0.717, 1.165) is 11.1 Å². The zero-order valence-electron chi connectivity index (χ0n) is 13.1. The first-order valence-electron chi connectivity index (χ1n) is 7.06. The Morgan fingerprint density at radius 3 is 2.65 bits per heavy atom. The molecule has 1 aromatic carbocycles. The van der Waals surface area contributed by atoms with Crippen molar-refractivity contribution >= 4 is 6.03 Å². The Labute approximate surface area is 133 Å². The molecule has 0 fully saturated rings. The van der Waals surface area contributed by atoms with E-state index in [1.165, 1.54) is 0 Å². The van der Waals surface area contributed by atoms with E-state index < -0.39 is 24.9 Å². The average molecular weight is 334 g/mol. The van der Waals surface area contributed by atoms with E-state index in [1.54, 1.807) is 14.0 Å². The van der Waals surface area contributed by atoms with Crippen LogP contribution >= 0.6 is 0 Å². The van der Waals surface area contributed by atoms with Crippen LogP contribution in [-0.2, 0) is 22.6 Å². The van der Waals surface area contributed by atoms with Gasteiger partial charge in [-0.3, -0.25) is 0 Å². The molecule has 2 amide bonds. The van der Waals surface area contributed by atoms with Gasteiger partial charge in [-0.25, -0.2) is 4.79 Å². The molecule has 8 heteroatoms. The molecule has 0 unspecified atom stereocenters. The van der Waals surface area contributed by atoms with E-state index >= 15 is 0 Å². The van der Waals surface area contributed by atoms with Crippen LogP contribution in [0, 0.1) is 0 Å². The lowest BCUT2D eigenvalue weighted by molar-refractivity contribution is -0.174. The Bertz CT molecular complexity index is 495. The third-order valence-electron chi connectivity index (χ3n) is 2.77. The number of hydrogen-bond acceptors (Lipinski definition) is 3. The summed E-state index contributed by atoms with van der Waals surface area (Å²) < 4.78 is 45.3. The van der Waals surface area contributed by atoms with Gasteiger partial charge in [-0.2, -0.15) is 13.2 Å². The summed E-state index contributed by atoms with van der Waals surface area (Å²) in [6.07, 6.45) is -4.37. The van der Waals surface area contributed by atoms with Crippen LogP contribution in [0.25, 0.3) is 0 Å². The molecule has 0 bridgehead atoms. The number of nitrogens with one attached hydrogen (secondary N) is 2. The molecule has 0 saturated carbocycles. The van der Waals surface area contributed by atoms with Crippen LogP contribution in [0.2, 0.25) is 0 Å². The zero-order chi connectivity index (χ0) is 17.3.